The van der Waals surface area contributed by atoms with Crippen molar-refractivity contribution in [3.63, 3.8) is 0 Å². The van der Waals surface area contributed by atoms with Gasteiger partial charge in [-0.3, -0.25) is 0 Å². The molecule has 0 fully saturated rings. The first-order valence-corrected chi connectivity index (χ1v) is 7.14. The number of anilines is 1. The van der Waals surface area contributed by atoms with Crippen molar-refractivity contribution in [3.8, 4) is 0 Å². The molecule has 0 bridgehead atoms. The molecular weight excluding hydrogens is 260 g/mol. The van der Waals surface area contributed by atoms with Crippen LogP contribution in [0.2, 0.25) is 0 Å². The molecule has 0 aliphatic heterocycles. The van der Waals surface area contributed by atoms with Gasteiger partial charge in [0.1, 0.15) is 7.05 Å². The zero-order valence-electron chi connectivity index (χ0n) is 13.0. The number of hydrogen-bond acceptors (Lipinski definition) is 2. The molecule has 0 aliphatic carbocycles. The van der Waals surface area contributed by atoms with Crippen LogP contribution in [0.4, 0.5) is 5.69 Å². The van der Waals surface area contributed by atoms with Crippen LogP contribution < -0.4 is 9.47 Å². The van der Waals surface area contributed by atoms with Crippen molar-refractivity contribution in [2.24, 2.45) is 7.05 Å². The monoisotopic (exact) mass is 283 g/mol. The predicted octanol–water partition coefficient (Wildman–Crippen LogP) is 2.28. The van der Waals surface area contributed by atoms with Gasteiger partial charge in [0.25, 0.3) is 0 Å². The molecule has 0 atom stereocenters. The maximum absolute atomic E-state index is 9.21. The average Bonchev–Trinajstić information content (AvgIpc) is 2.47. The normalized spacial score (nSPS) is 11.0. The maximum atomic E-state index is 9.21. The average molecular weight is 283 g/mol. The summed E-state index contributed by atoms with van der Waals surface area (Å²) in [5, 5.41) is 9.21. The quantitative estimate of drug-likeness (QED) is 0.853. The van der Waals surface area contributed by atoms with Crippen LogP contribution in [-0.4, -0.2) is 25.8 Å². The topological polar surface area (TPSA) is 27.4 Å². The minimum Gasteiger partial charge on any atom is -0.396 e. The van der Waals surface area contributed by atoms with E-state index in [0.717, 1.165) is 11.3 Å². The summed E-state index contributed by atoms with van der Waals surface area (Å²) >= 11 is 0. The van der Waals surface area contributed by atoms with Gasteiger partial charge in [-0.1, -0.05) is 18.2 Å². The zero-order chi connectivity index (χ0) is 15.2. The number of hydrogen-bond donors (Lipinski definition) is 1. The number of benzene rings is 1. The molecule has 0 amide bonds. The molecule has 0 saturated heterocycles. The lowest BCUT2D eigenvalue weighted by molar-refractivity contribution is -0.671. The summed E-state index contributed by atoms with van der Waals surface area (Å²) in [5.41, 5.74) is 4.66. The molecule has 2 rings (SSSR count). The molecule has 3 heteroatoms. The van der Waals surface area contributed by atoms with E-state index < -0.39 is 0 Å². The second-order valence-corrected chi connectivity index (χ2v) is 5.39. The van der Waals surface area contributed by atoms with E-state index in [-0.39, 0.29) is 6.61 Å². The number of pyridine rings is 1. The van der Waals surface area contributed by atoms with Gasteiger partial charge in [-0.15, -0.1) is 0 Å². The number of aromatic nitrogens is 1. The third-order valence-corrected chi connectivity index (χ3v) is 3.44. The first kappa shape index (κ1) is 15.3. The summed E-state index contributed by atoms with van der Waals surface area (Å²) in [6.07, 6.45) is 8.96. The van der Waals surface area contributed by atoms with Gasteiger partial charge in [0.2, 0.25) is 0 Å². The van der Waals surface area contributed by atoms with Crippen LogP contribution in [-0.2, 0) is 13.5 Å². The van der Waals surface area contributed by atoms with Crippen LogP contribution >= 0.6 is 0 Å². The standard InChI is InChI=1S/C18H23N2O/c1-19(2)18-7-6-16(14-17(18)10-13-21)5-4-15-8-11-20(3)12-9-15/h4-9,11-12,14,21H,10,13H2,1-3H3/q+1. The van der Waals surface area contributed by atoms with Gasteiger partial charge in [0, 0.05) is 38.5 Å². The number of aliphatic hydroxyl groups excluding tert-OH is 1. The van der Waals surface area contributed by atoms with Crippen LogP contribution in [0.3, 0.4) is 0 Å². The zero-order valence-corrected chi connectivity index (χ0v) is 13.0. The number of aliphatic hydroxyl groups is 1. The van der Waals surface area contributed by atoms with Crippen molar-refractivity contribution in [2.45, 2.75) is 6.42 Å². The SMILES string of the molecule is CN(C)c1ccc(/C=C/c2cc[n+](C)cc2)cc1CCO. The van der Waals surface area contributed by atoms with E-state index in [1.807, 2.05) is 38.1 Å². The van der Waals surface area contributed by atoms with E-state index in [1.165, 1.54) is 11.1 Å². The van der Waals surface area contributed by atoms with Gasteiger partial charge in [0.05, 0.1) is 0 Å². The van der Waals surface area contributed by atoms with Crippen molar-refractivity contribution in [1.82, 2.24) is 0 Å². The molecule has 0 radical (unpaired) electrons. The van der Waals surface area contributed by atoms with E-state index in [2.05, 4.69) is 47.4 Å². The molecule has 0 aliphatic rings. The summed E-state index contributed by atoms with van der Waals surface area (Å²) in [6.45, 7) is 0.170. The summed E-state index contributed by atoms with van der Waals surface area (Å²) in [4.78, 5) is 2.08. The Morgan fingerprint density at radius 1 is 1.05 bits per heavy atom. The van der Waals surface area contributed by atoms with Crippen LogP contribution in [0.5, 0.6) is 0 Å². The third kappa shape index (κ3) is 4.17. The summed E-state index contributed by atoms with van der Waals surface area (Å²) < 4.78 is 2.02. The number of rotatable bonds is 5. The second-order valence-electron chi connectivity index (χ2n) is 5.39. The fourth-order valence-electron chi connectivity index (χ4n) is 2.28. The molecule has 2 aromatic rings. The van der Waals surface area contributed by atoms with Crippen molar-refractivity contribution in [2.75, 3.05) is 25.6 Å². The lowest BCUT2D eigenvalue weighted by atomic mass is 10.0. The Balaban J connectivity index is 2.23. The van der Waals surface area contributed by atoms with Gasteiger partial charge in [0.15, 0.2) is 12.4 Å². The van der Waals surface area contributed by atoms with Gasteiger partial charge in [-0.2, -0.15) is 0 Å². The Kier molecular flexibility index (Phi) is 5.12. The van der Waals surface area contributed by atoms with E-state index >= 15 is 0 Å². The van der Waals surface area contributed by atoms with E-state index in [0.29, 0.717) is 6.42 Å². The highest BCUT2D eigenvalue weighted by Gasteiger charge is 2.04. The molecule has 21 heavy (non-hydrogen) atoms. The van der Waals surface area contributed by atoms with Crippen molar-refractivity contribution in [1.29, 1.82) is 0 Å². The number of nitrogens with zero attached hydrogens (tertiary/aromatic N) is 2. The van der Waals surface area contributed by atoms with E-state index in [9.17, 15) is 5.11 Å². The summed E-state index contributed by atoms with van der Waals surface area (Å²) in [5.74, 6) is 0. The first-order valence-electron chi connectivity index (χ1n) is 7.14. The van der Waals surface area contributed by atoms with Crippen molar-refractivity contribution in [3.05, 3.63) is 59.4 Å². The Morgan fingerprint density at radius 2 is 1.71 bits per heavy atom. The molecule has 1 aromatic heterocycles. The predicted molar refractivity (Wildman–Crippen MR) is 88.1 cm³/mol. The largest absolute Gasteiger partial charge is 0.396 e. The van der Waals surface area contributed by atoms with Gasteiger partial charge < -0.3 is 10.0 Å². The highest BCUT2D eigenvalue weighted by molar-refractivity contribution is 5.71. The van der Waals surface area contributed by atoms with E-state index in [4.69, 9.17) is 0 Å². The van der Waals surface area contributed by atoms with Crippen molar-refractivity contribution >= 4 is 17.8 Å². The third-order valence-electron chi connectivity index (χ3n) is 3.44. The highest BCUT2D eigenvalue weighted by Crippen LogP contribution is 2.22. The molecule has 0 saturated carbocycles. The van der Waals surface area contributed by atoms with Crippen LogP contribution in [0.15, 0.2) is 42.7 Å². The fourth-order valence-corrected chi connectivity index (χ4v) is 2.28. The number of aryl methyl sites for hydroxylation is 1. The minimum absolute atomic E-state index is 0.170. The highest BCUT2D eigenvalue weighted by atomic mass is 16.2. The molecule has 1 N–H and O–H groups in total. The summed E-state index contributed by atoms with van der Waals surface area (Å²) in [6, 6.07) is 10.5. The Labute approximate surface area is 126 Å². The molecule has 1 aromatic carbocycles. The Morgan fingerprint density at radius 3 is 2.33 bits per heavy atom. The van der Waals surface area contributed by atoms with Crippen LogP contribution in [0.25, 0.3) is 12.2 Å². The molecule has 110 valence electrons. The van der Waals surface area contributed by atoms with E-state index in [1.54, 1.807) is 0 Å². The van der Waals surface area contributed by atoms with Gasteiger partial charge >= 0.3 is 0 Å². The fraction of sp³-hybridized carbons (Fsp3) is 0.278. The molecule has 0 unspecified atom stereocenters. The van der Waals surface area contributed by atoms with Crippen LogP contribution in [0.1, 0.15) is 16.7 Å². The Bertz CT molecular complexity index is 616. The maximum Gasteiger partial charge on any atom is 0.169 e. The molecule has 1 heterocycles. The second kappa shape index (κ2) is 7.04. The van der Waals surface area contributed by atoms with Crippen LogP contribution in [0, 0.1) is 0 Å². The molecule has 0 spiro atoms. The molecule has 3 nitrogen and oxygen atoms in total. The lowest BCUT2D eigenvalue weighted by Gasteiger charge is -2.17. The van der Waals surface area contributed by atoms with Crippen molar-refractivity contribution < 1.29 is 9.67 Å². The Hall–Kier alpha value is -2.13. The molecular formula is C18H23N2O+. The van der Waals surface area contributed by atoms with Gasteiger partial charge in [-0.25, -0.2) is 4.57 Å². The minimum atomic E-state index is 0.170. The summed E-state index contributed by atoms with van der Waals surface area (Å²) in [7, 11) is 6.06. The first-order chi connectivity index (χ1) is 10.1. The lowest BCUT2D eigenvalue weighted by Crippen LogP contribution is -2.25. The van der Waals surface area contributed by atoms with Gasteiger partial charge in [-0.05, 0) is 35.2 Å². The smallest absolute Gasteiger partial charge is 0.169 e.